The molecule has 0 heterocycles. The molecule has 1 aromatic carbocycles. The number of hydrogen-bond acceptors (Lipinski definition) is 5. The average molecular weight is 343 g/mol. The van der Waals surface area contributed by atoms with Crippen LogP contribution in [0.25, 0.3) is 0 Å². The summed E-state index contributed by atoms with van der Waals surface area (Å²) in [6.45, 7) is 1.54. The third-order valence-electron chi connectivity index (χ3n) is 3.46. The van der Waals surface area contributed by atoms with E-state index >= 15 is 0 Å². The van der Waals surface area contributed by atoms with Gasteiger partial charge >= 0.3 is 11.9 Å². The van der Waals surface area contributed by atoms with Crippen molar-refractivity contribution in [2.45, 2.75) is 25.8 Å². The highest BCUT2D eigenvalue weighted by molar-refractivity contribution is 5.86. The van der Waals surface area contributed by atoms with E-state index in [9.17, 15) is 23.2 Å². The Kier molecular flexibility index (Phi) is 7.29. The summed E-state index contributed by atoms with van der Waals surface area (Å²) in [5, 5.41) is 2.35. The minimum Gasteiger partial charge on any atom is -0.469 e. The van der Waals surface area contributed by atoms with Crippen LogP contribution in [0.4, 0.5) is 8.78 Å². The van der Waals surface area contributed by atoms with E-state index in [1.807, 2.05) is 0 Å². The second-order valence-electron chi connectivity index (χ2n) is 5.20. The molecule has 0 aliphatic heterocycles. The van der Waals surface area contributed by atoms with Gasteiger partial charge in [-0.1, -0.05) is 13.0 Å². The fourth-order valence-electron chi connectivity index (χ4n) is 2.11. The third-order valence-corrected chi connectivity index (χ3v) is 3.46. The molecule has 1 amide bonds. The summed E-state index contributed by atoms with van der Waals surface area (Å²) >= 11 is 0. The zero-order valence-corrected chi connectivity index (χ0v) is 13.6. The number of ether oxygens (including phenoxy) is 2. The maximum absolute atomic E-state index is 13.6. The smallest absolute Gasteiger partial charge is 0.328 e. The number of carbonyl (C=O) groups is 3. The molecule has 0 saturated heterocycles. The zero-order valence-electron chi connectivity index (χ0n) is 13.6. The summed E-state index contributed by atoms with van der Waals surface area (Å²) in [4.78, 5) is 35.2. The Morgan fingerprint density at radius 3 is 2.21 bits per heavy atom. The summed E-state index contributed by atoms with van der Waals surface area (Å²) in [7, 11) is 2.32. The first kappa shape index (κ1) is 19.5. The van der Waals surface area contributed by atoms with E-state index in [1.165, 1.54) is 13.2 Å². The van der Waals surface area contributed by atoms with Crippen LogP contribution in [-0.2, 0) is 30.3 Å². The lowest BCUT2D eigenvalue weighted by Crippen LogP contribution is -2.47. The number of rotatable bonds is 7. The van der Waals surface area contributed by atoms with Crippen LogP contribution in [0.3, 0.4) is 0 Å². The minimum absolute atomic E-state index is 0.134. The van der Waals surface area contributed by atoms with E-state index in [1.54, 1.807) is 6.92 Å². The Balaban J connectivity index is 2.84. The Bertz CT molecular complexity index is 600. The van der Waals surface area contributed by atoms with Gasteiger partial charge in [-0.3, -0.25) is 9.59 Å². The van der Waals surface area contributed by atoms with Crippen molar-refractivity contribution in [3.05, 3.63) is 35.4 Å². The molecule has 8 heteroatoms. The summed E-state index contributed by atoms with van der Waals surface area (Å²) in [5.41, 5.74) is -0.403. The van der Waals surface area contributed by atoms with Gasteiger partial charge in [0.1, 0.15) is 17.7 Å². The van der Waals surface area contributed by atoms with Crippen molar-refractivity contribution < 1.29 is 32.6 Å². The van der Waals surface area contributed by atoms with E-state index < -0.39 is 53.4 Å². The zero-order chi connectivity index (χ0) is 18.3. The largest absolute Gasteiger partial charge is 0.469 e. The number of methoxy groups -OCH3 is 2. The van der Waals surface area contributed by atoms with Gasteiger partial charge in [-0.25, -0.2) is 13.6 Å². The second-order valence-corrected chi connectivity index (χ2v) is 5.20. The predicted molar refractivity (Wildman–Crippen MR) is 79.8 cm³/mol. The molecule has 132 valence electrons. The summed E-state index contributed by atoms with van der Waals surface area (Å²) in [5.74, 6) is -4.45. The van der Waals surface area contributed by atoms with E-state index in [2.05, 4.69) is 14.8 Å². The highest BCUT2D eigenvalue weighted by atomic mass is 19.1. The molecule has 2 atom stereocenters. The van der Waals surface area contributed by atoms with Gasteiger partial charge in [0.15, 0.2) is 0 Å². The molecule has 0 aromatic heterocycles. The van der Waals surface area contributed by atoms with Gasteiger partial charge in [-0.05, 0) is 18.1 Å². The van der Waals surface area contributed by atoms with E-state index in [-0.39, 0.29) is 6.42 Å². The second kappa shape index (κ2) is 8.95. The van der Waals surface area contributed by atoms with Crippen LogP contribution < -0.4 is 5.32 Å². The van der Waals surface area contributed by atoms with Gasteiger partial charge in [0, 0.05) is 5.56 Å². The van der Waals surface area contributed by atoms with Gasteiger partial charge in [-0.2, -0.15) is 0 Å². The van der Waals surface area contributed by atoms with Crippen molar-refractivity contribution in [1.29, 1.82) is 0 Å². The summed E-state index contributed by atoms with van der Waals surface area (Å²) in [6.07, 6.45) is -0.721. The van der Waals surface area contributed by atoms with Crippen LogP contribution >= 0.6 is 0 Å². The van der Waals surface area contributed by atoms with Crippen LogP contribution in [0.2, 0.25) is 0 Å². The first-order valence-corrected chi connectivity index (χ1v) is 7.17. The number of nitrogens with one attached hydrogen (secondary N) is 1. The first-order chi connectivity index (χ1) is 11.3. The van der Waals surface area contributed by atoms with Crippen molar-refractivity contribution in [2.24, 2.45) is 5.92 Å². The lowest BCUT2D eigenvalue weighted by atomic mass is 9.97. The Labute approximate surface area is 138 Å². The lowest BCUT2D eigenvalue weighted by molar-refractivity contribution is -0.148. The highest BCUT2D eigenvalue weighted by Crippen LogP contribution is 2.14. The van der Waals surface area contributed by atoms with Gasteiger partial charge < -0.3 is 14.8 Å². The Morgan fingerprint density at radius 2 is 1.71 bits per heavy atom. The van der Waals surface area contributed by atoms with Crippen molar-refractivity contribution in [3.63, 3.8) is 0 Å². The topological polar surface area (TPSA) is 81.7 Å². The molecule has 1 aromatic rings. The molecular weight excluding hydrogens is 324 g/mol. The fourth-order valence-corrected chi connectivity index (χ4v) is 2.11. The van der Waals surface area contributed by atoms with Crippen LogP contribution in [0.15, 0.2) is 18.2 Å². The quantitative estimate of drug-likeness (QED) is 0.756. The number of carbonyl (C=O) groups excluding carboxylic acids is 3. The molecular formula is C16H19F2NO5. The molecule has 0 fully saturated rings. The normalized spacial score (nSPS) is 12.9. The fraction of sp³-hybridized carbons (Fsp3) is 0.438. The van der Waals surface area contributed by atoms with Crippen molar-refractivity contribution in [1.82, 2.24) is 5.32 Å². The monoisotopic (exact) mass is 343 g/mol. The average Bonchev–Trinajstić information content (AvgIpc) is 2.55. The van der Waals surface area contributed by atoms with Crippen LogP contribution in [0.5, 0.6) is 0 Å². The maximum atomic E-state index is 13.6. The highest BCUT2D eigenvalue weighted by Gasteiger charge is 2.30. The molecule has 0 aliphatic rings. The molecule has 1 N–H and O–H groups in total. The molecule has 0 radical (unpaired) electrons. The number of esters is 2. The summed E-state index contributed by atoms with van der Waals surface area (Å²) in [6, 6.07) is 2.10. The Hall–Kier alpha value is -2.51. The van der Waals surface area contributed by atoms with Crippen LogP contribution in [0, 0.1) is 17.6 Å². The van der Waals surface area contributed by atoms with Gasteiger partial charge in [0.05, 0.1) is 27.1 Å². The van der Waals surface area contributed by atoms with Crippen molar-refractivity contribution in [3.8, 4) is 0 Å². The lowest BCUT2D eigenvalue weighted by Gasteiger charge is -2.22. The van der Waals surface area contributed by atoms with E-state index in [0.29, 0.717) is 0 Å². The predicted octanol–water partition coefficient (Wildman–Crippen LogP) is 1.36. The van der Waals surface area contributed by atoms with Gasteiger partial charge in [0.2, 0.25) is 5.91 Å². The maximum Gasteiger partial charge on any atom is 0.328 e. The van der Waals surface area contributed by atoms with Crippen molar-refractivity contribution in [2.75, 3.05) is 14.2 Å². The van der Waals surface area contributed by atoms with Gasteiger partial charge in [0.25, 0.3) is 0 Å². The molecule has 0 bridgehead atoms. The number of hydrogen-bond donors (Lipinski definition) is 1. The molecule has 0 saturated carbocycles. The standard InChI is InChI=1S/C16H19F2NO5/c1-9(7-14(21)23-2)15(16(22)24-3)19-13(20)8-10-11(17)5-4-6-12(10)18/h4-6,9,15H,7-8H2,1-3H3,(H,19,20)/t9-,15-/m1/s1. The summed E-state index contributed by atoms with van der Waals surface area (Å²) < 4.78 is 36.3. The van der Waals surface area contributed by atoms with Gasteiger partial charge in [-0.15, -0.1) is 0 Å². The SMILES string of the molecule is COC(=O)C[C@@H](C)[C@@H](NC(=O)Cc1c(F)cccc1F)C(=O)OC. The molecule has 24 heavy (non-hydrogen) atoms. The third kappa shape index (κ3) is 5.29. The molecule has 0 unspecified atom stereocenters. The minimum atomic E-state index is -1.14. The Morgan fingerprint density at radius 1 is 1.12 bits per heavy atom. The van der Waals surface area contributed by atoms with Crippen LogP contribution in [-0.4, -0.2) is 38.1 Å². The van der Waals surface area contributed by atoms with E-state index in [0.717, 1.165) is 19.2 Å². The van der Waals surface area contributed by atoms with Crippen molar-refractivity contribution >= 4 is 17.8 Å². The number of amides is 1. The number of halogens is 2. The molecule has 6 nitrogen and oxygen atoms in total. The molecule has 1 rings (SSSR count). The molecule has 0 aliphatic carbocycles. The van der Waals surface area contributed by atoms with E-state index in [4.69, 9.17) is 0 Å². The number of benzene rings is 1. The molecule has 0 spiro atoms. The first-order valence-electron chi connectivity index (χ1n) is 7.17. The van der Waals surface area contributed by atoms with Crippen LogP contribution in [0.1, 0.15) is 18.9 Å².